The van der Waals surface area contributed by atoms with Crippen LogP contribution in [-0.2, 0) is 0 Å². The van der Waals surface area contributed by atoms with Gasteiger partial charge in [-0.15, -0.1) is 0 Å². The van der Waals surface area contributed by atoms with E-state index in [4.69, 9.17) is 0 Å². The van der Waals surface area contributed by atoms with Crippen molar-refractivity contribution in [1.29, 1.82) is 0 Å². The number of hydrogen-bond acceptors (Lipinski definition) is 3. The lowest BCUT2D eigenvalue weighted by atomic mass is 9.81. The van der Waals surface area contributed by atoms with Crippen LogP contribution in [0.2, 0.25) is 0 Å². The highest BCUT2D eigenvalue weighted by molar-refractivity contribution is 5.30. The Morgan fingerprint density at radius 2 is 2.18 bits per heavy atom. The Morgan fingerprint density at radius 1 is 1.47 bits per heavy atom. The van der Waals surface area contributed by atoms with Crippen LogP contribution in [0.1, 0.15) is 44.8 Å². The van der Waals surface area contributed by atoms with Crippen molar-refractivity contribution in [3.8, 4) is 11.8 Å². The zero-order valence-corrected chi connectivity index (χ0v) is 10.1. The van der Waals surface area contributed by atoms with Gasteiger partial charge in [-0.05, 0) is 45.1 Å². The summed E-state index contributed by atoms with van der Waals surface area (Å²) in [5.74, 6) is 5.66. The van der Waals surface area contributed by atoms with Gasteiger partial charge in [-0.3, -0.25) is 4.79 Å². The van der Waals surface area contributed by atoms with E-state index < -0.39 is 5.60 Å². The molecule has 0 aliphatic heterocycles. The summed E-state index contributed by atoms with van der Waals surface area (Å²) in [5, 5.41) is 14.0. The van der Waals surface area contributed by atoms with E-state index in [0.29, 0.717) is 5.69 Å². The zero-order valence-electron chi connectivity index (χ0n) is 10.1. The Kier molecular flexibility index (Phi) is 3.03. The highest BCUT2D eigenvalue weighted by Gasteiger charge is 2.32. The van der Waals surface area contributed by atoms with Gasteiger partial charge < -0.3 is 5.11 Å². The van der Waals surface area contributed by atoms with Crippen LogP contribution in [0.3, 0.4) is 0 Å². The lowest BCUT2D eigenvalue weighted by molar-refractivity contribution is 0.0239. The normalized spacial score (nSPS) is 17.2. The first kappa shape index (κ1) is 11.9. The molecule has 4 nitrogen and oxygen atoms in total. The fourth-order valence-electron chi connectivity index (χ4n) is 1.68. The van der Waals surface area contributed by atoms with Gasteiger partial charge in [0, 0.05) is 6.07 Å². The molecule has 2 rings (SSSR count). The van der Waals surface area contributed by atoms with Crippen LogP contribution in [-0.4, -0.2) is 20.5 Å². The Morgan fingerprint density at radius 3 is 2.71 bits per heavy atom. The van der Waals surface area contributed by atoms with E-state index in [1.165, 1.54) is 10.7 Å². The minimum Gasteiger partial charge on any atom is -0.378 e. The minimum atomic E-state index is -0.833. The molecule has 1 heterocycles. The molecule has 0 atom stereocenters. The van der Waals surface area contributed by atoms with Crippen LogP contribution in [0.15, 0.2) is 16.9 Å². The molecule has 0 bridgehead atoms. The van der Waals surface area contributed by atoms with Crippen molar-refractivity contribution in [2.45, 2.75) is 44.8 Å². The third-order valence-corrected chi connectivity index (χ3v) is 2.92. The zero-order chi connectivity index (χ0) is 12.5. The second-order valence-electron chi connectivity index (χ2n) is 4.73. The monoisotopic (exact) mass is 232 g/mol. The largest absolute Gasteiger partial charge is 0.378 e. The van der Waals surface area contributed by atoms with Crippen LogP contribution in [0.4, 0.5) is 0 Å². The molecule has 1 saturated carbocycles. The van der Waals surface area contributed by atoms with Crippen molar-refractivity contribution < 1.29 is 5.11 Å². The molecule has 0 aromatic carbocycles. The van der Waals surface area contributed by atoms with Crippen molar-refractivity contribution in [2.24, 2.45) is 0 Å². The SMILES string of the molecule is CC(C)n1nc(C#CC2(O)CCC2)ccc1=O. The quantitative estimate of drug-likeness (QED) is 0.737. The van der Waals surface area contributed by atoms with Crippen molar-refractivity contribution in [1.82, 2.24) is 9.78 Å². The summed E-state index contributed by atoms with van der Waals surface area (Å²) in [7, 11) is 0. The summed E-state index contributed by atoms with van der Waals surface area (Å²) in [4.78, 5) is 11.5. The lowest BCUT2D eigenvalue weighted by Gasteiger charge is -2.30. The summed E-state index contributed by atoms with van der Waals surface area (Å²) in [6.07, 6.45) is 2.47. The maximum Gasteiger partial charge on any atom is 0.267 e. The molecule has 0 radical (unpaired) electrons. The first-order chi connectivity index (χ1) is 8.00. The third kappa shape index (κ3) is 2.56. The van der Waals surface area contributed by atoms with Crippen LogP contribution in [0.25, 0.3) is 0 Å². The minimum absolute atomic E-state index is 0.0102. The van der Waals surface area contributed by atoms with Gasteiger partial charge in [0.1, 0.15) is 11.3 Å². The van der Waals surface area contributed by atoms with Gasteiger partial charge in [-0.2, -0.15) is 5.10 Å². The summed E-state index contributed by atoms with van der Waals surface area (Å²) in [6, 6.07) is 3.06. The van der Waals surface area contributed by atoms with Gasteiger partial charge in [0.25, 0.3) is 5.56 Å². The van der Waals surface area contributed by atoms with E-state index in [0.717, 1.165) is 19.3 Å². The van der Waals surface area contributed by atoms with Gasteiger partial charge >= 0.3 is 0 Å². The van der Waals surface area contributed by atoms with E-state index in [9.17, 15) is 9.90 Å². The highest BCUT2D eigenvalue weighted by Crippen LogP contribution is 2.30. The van der Waals surface area contributed by atoms with Crippen molar-refractivity contribution in [2.75, 3.05) is 0 Å². The topological polar surface area (TPSA) is 55.1 Å². The van der Waals surface area contributed by atoms with Crippen molar-refractivity contribution in [3.63, 3.8) is 0 Å². The molecular weight excluding hydrogens is 216 g/mol. The molecule has 0 amide bonds. The predicted octanol–water partition coefficient (Wildman–Crippen LogP) is 1.09. The van der Waals surface area contributed by atoms with Gasteiger partial charge in [0.05, 0.1) is 6.04 Å². The Hall–Kier alpha value is -1.60. The fourth-order valence-corrected chi connectivity index (χ4v) is 1.68. The average Bonchev–Trinajstić information content (AvgIpc) is 2.25. The van der Waals surface area contributed by atoms with Crippen LogP contribution in [0.5, 0.6) is 0 Å². The number of nitrogens with zero attached hydrogens (tertiary/aromatic N) is 2. The maximum absolute atomic E-state index is 11.5. The first-order valence-electron chi connectivity index (χ1n) is 5.86. The summed E-state index contributed by atoms with van der Waals surface area (Å²) in [6.45, 7) is 3.79. The van der Waals surface area contributed by atoms with Crippen LogP contribution >= 0.6 is 0 Å². The van der Waals surface area contributed by atoms with E-state index in [1.807, 2.05) is 13.8 Å². The van der Waals surface area contributed by atoms with Crippen LogP contribution < -0.4 is 5.56 Å². The smallest absolute Gasteiger partial charge is 0.267 e. The predicted molar refractivity (Wildman–Crippen MR) is 64.6 cm³/mol. The second-order valence-corrected chi connectivity index (χ2v) is 4.73. The molecule has 0 spiro atoms. The maximum atomic E-state index is 11.5. The Balaban J connectivity index is 2.28. The summed E-state index contributed by atoms with van der Waals surface area (Å²) in [5.41, 5.74) is -0.438. The van der Waals surface area contributed by atoms with E-state index in [2.05, 4.69) is 16.9 Å². The van der Waals surface area contributed by atoms with Gasteiger partial charge in [0.2, 0.25) is 0 Å². The molecule has 1 aliphatic carbocycles. The average molecular weight is 232 g/mol. The second kappa shape index (κ2) is 4.34. The number of aromatic nitrogens is 2. The number of hydrogen-bond donors (Lipinski definition) is 1. The molecule has 1 aromatic heterocycles. The molecule has 90 valence electrons. The number of aliphatic hydroxyl groups is 1. The highest BCUT2D eigenvalue weighted by atomic mass is 16.3. The van der Waals surface area contributed by atoms with Gasteiger partial charge in [-0.25, -0.2) is 4.68 Å². The molecule has 0 unspecified atom stereocenters. The number of rotatable bonds is 1. The van der Waals surface area contributed by atoms with Gasteiger partial charge in [0.15, 0.2) is 0 Å². The summed E-state index contributed by atoms with van der Waals surface area (Å²) < 4.78 is 1.40. The lowest BCUT2D eigenvalue weighted by Crippen LogP contribution is -2.34. The Labute approximate surface area is 100 Å². The molecule has 1 fully saturated rings. The molecule has 1 aliphatic rings. The molecule has 1 N–H and O–H groups in total. The van der Waals surface area contributed by atoms with E-state index >= 15 is 0 Å². The van der Waals surface area contributed by atoms with Crippen molar-refractivity contribution >= 4 is 0 Å². The Bertz CT molecular complexity index is 530. The molecule has 0 saturated heterocycles. The summed E-state index contributed by atoms with van der Waals surface area (Å²) >= 11 is 0. The van der Waals surface area contributed by atoms with Crippen LogP contribution in [0, 0.1) is 11.8 Å². The molecule has 17 heavy (non-hydrogen) atoms. The fraction of sp³-hybridized carbons (Fsp3) is 0.538. The molecule has 4 heteroatoms. The standard InChI is InChI=1S/C13H16N2O2/c1-10(2)15-12(16)5-4-11(14-15)6-9-13(17)7-3-8-13/h4-5,10,17H,3,7-8H2,1-2H3. The third-order valence-electron chi connectivity index (χ3n) is 2.92. The van der Waals surface area contributed by atoms with Crippen molar-refractivity contribution in [3.05, 3.63) is 28.2 Å². The van der Waals surface area contributed by atoms with Gasteiger partial charge in [-0.1, -0.05) is 5.92 Å². The molecule has 1 aromatic rings. The van der Waals surface area contributed by atoms with E-state index in [1.54, 1.807) is 6.07 Å². The van der Waals surface area contributed by atoms with E-state index in [-0.39, 0.29) is 11.6 Å². The first-order valence-corrected chi connectivity index (χ1v) is 5.86. The molecular formula is C13H16N2O2.